The molecule has 190 valence electrons. The molecule has 3 aromatic heterocycles. The number of ketones is 1. The molecule has 0 aliphatic rings. The van der Waals surface area contributed by atoms with Crippen LogP contribution in [0.5, 0.6) is 11.5 Å². The van der Waals surface area contributed by atoms with E-state index in [4.69, 9.17) is 4.74 Å². The lowest BCUT2D eigenvalue weighted by molar-refractivity contribution is 0.0991. The summed E-state index contributed by atoms with van der Waals surface area (Å²) in [5.74, 6) is -1.29. The number of carbonyl (C=O) groups excluding carboxylic acids is 1. The van der Waals surface area contributed by atoms with Crippen LogP contribution in [0.25, 0.3) is 22.2 Å². The summed E-state index contributed by atoms with van der Waals surface area (Å²) in [6.45, 7) is 3.59. The normalized spacial score (nSPS) is 11.1. The van der Waals surface area contributed by atoms with Gasteiger partial charge in [0.1, 0.15) is 15.9 Å². The molecular weight excluding hydrogens is 556 g/mol. The Morgan fingerprint density at radius 3 is 2.53 bits per heavy atom. The molecule has 0 bridgehead atoms. The van der Waals surface area contributed by atoms with Crippen molar-refractivity contribution in [1.29, 1.82) is 0 Å². The molecule has 5 aromatic rings. The number of rotatable bonds is 6. The lowest BCUT2D eigenvalue weighted by Gasteiger charge is -2.11. The van der Waals surface area contributed by atoms with Crippen molar-refractivity contribution in [2.75, 3.05) is 0 Å². The average Bonchev–Trinajstić information content (AvgIpc) is 2.88. The predicted octanol–water partition coefficient (Wildman–Crippen LogP) is 6.86. The van der Waals surface area contributed by atoms with Crippen LogP contribution >= 0.6 is 15.9 Å². The number of benzene rings is 2. The summed E-state index contributed by atoms with van der Waals surface area (Å²) in [6.07, 6.45) is 2.71. The second-order valence-electron chi connectivity index (χ2n) is 8.78. The number of nitrogens with one attached hydrogen (secondary N) is 1. The first-order valence-corrected chi connectivity index (χ1v) is 12.4. The number of H-pyrrole nitrogens is 1. The first-order chi connectivity index (χ1) is 18.2. The smallest absolute Gasteiger partial charge is 0.200 e. The first-order valence-electron chi connectivity index (χ1n) is 11.6. The molecular formula is C29H20BrF2N3O3. The molecule has 0 unspecified atom stereocenters. The SMILES string of the molecule is Cc1cc2nccc(Oc3ccc(CC(=O)c4c[nH]c(C)c(-c5ccc(F)cc5)c4=O)cc3F)c2nc1Br. The molecule has 0 aliphatic carbocycles. The van der Waals surface area contributed by atoms with Gasteiger partial charge in [0.05, 0.1) is 11.1 Å². The van der Waals surface area contributed by atoms with Crippen LogP contribution in [0.3, 0.4) is 0 Å². The van der Waals surface area contributed by atoms with Crippen LogP contribution in [0.4, 0.5) is 8.78 Å². The van der Waals surface area contributed by atoms with Crippen LogP contribution in [-0.2, 0) is 6.42 Å². The van der Waals surface area contributed by atoms with Gasteiger partial charge in [-0.3, -0.25) is 14.6 Å². The molecule has 0 fully saturated rings. The van der Waals surface area contributed by atoms with Gasteiger partial charge in [0.15, 0.2) is 28.5 Å². The van der Waals surface area contributed by atoms with Gasteiger partial charge >= 0.3 is 0 Å². The van der Waals surface area contributed by atoms with E-state index in [0.29, 0.717) is 38.2 Å². The van der Waals surface area contributed by atoms with Crippen molar-refractivity contribution in [1.82, 2.24) is 15.0 Å². The molecule has 0 amide bonds. The molecule has 0 radical (unpaired) electrons. The van der Waals surface area contributed by atoms with Crippen molar-refractivity contribution >= 4 is 32.7 Å². The van der Waals surface area contributed by atoms with E-state index >= 15 is 4.39 Å². The predicted molar refractivity (Wildman–Crippen MR) is 144 cm³/mol. The highest BCUT2D eigenvalue weighted by Crippen LogP contribution is 2.31. The Morgan fingerprint density at radius 2 is 1.79 bits per heavy atom. The molecule has 0 aliphatic heterocycles. The number of halogens is 3. The highest BCUT2D eigenvalue weighted by Gasteiger charge is 2.18. The van der Waals surface area contributed by atoms with Crippen molar-refractivity contribution in [3.63, 3.8) is 0 Å². The van der Waals surface area contributed by atoms with E-state index in [-0.39, 0.29) is 23.3 Å². The van der Waals surface area contributed by atoms with Gasteiger partial charge in [-0.1, -0.05) is 18.2 Å². The topological polar surface area (TPSA) is 84.9 Å². The monoisotopic (exact) mass is 575 g/mol. The highest BCUT2D eigenvalue weighted by molar-refractivity contribution is 9.10. The lowest BCUT2D eigenvalue weighted by Crippen LogP contribution is -2.20. The van der Waals surface area contributed by atoms with Crippen molar-refractivity contribution in [2.45, 2.75) is 20.3 Å². The van der Waals surface area contributed by atoms with Crippen LogP contribution in [0, 0.1) is 25.5 Å². The van der Waals surface area contributed by atoms with Gasteiger partial charge in [-0.25, -0.2) is 13.8 Å². The van der Waals surface area contributed by atoms with Gasteiger partial charge in [0.25, 0.3) is 0 Å². The van der Waals surface area contributed by atoms with Gasteiger partial charge in [0, 0.05) is 36.1 Å². The molecule has 3 heterocycles. The molecule has 1 N–H and O–H groups in total. The van der Waals surface area contributed by atoms with Gasteiger partial charge in [-0.15, -0.1) is 0 Å². The molecule has 38 heavy (non-hydrogen) atoms. The Bertz CT molecular complexity index is 1770. The number of aryl methyl sites for hydroxylation is 2. The molecule has 0 atom stereocenters. The zero-order valence-corrected chi connectivity index (χ0v) is 21.9. The summed E-state index contributed by atoms with van der Waals surface area (Å²) >= 11 is 3.39. The van der Waals surface area contributed by atoms with Crippen molar-refractivity contribution < 1.29 is 18.3 Å². The number of pyridine rings is 3. The lowest BCUT2D eigenvalue weighted by atomic mass is 9.98. The van der Waals surface area contributed by atoms with E-state index in [2.05, 4.69) is 30.9 Å². The second kappa shape index (κ2) is 10.3. The minimum absolute atomic E-state index is 0.0426. The van der Waals surface area contributed by atoms with Crippen molar-refractivity contribution in [3.05, 3.63) is 116 Å². The highest BCUT2D eigenvalue weighted by atomic mass is 79.9. The fourth-order valence-corrected chi connectivity index (χ4v) is 4.43. The number of aromatic nitrogens is 3. The molecule has 5 rings (SSSR count). The average molecular weight is 576 g/mol. The fourth-order valence-electron chi connectivity index (χ4n) is 4.13. The van der Waals surface area contributed by atoms with Crippen LogP contribution in [0.2, 0.25) is 0 Å². The summed E-state index contributed by atoms with van der Waals surface area (Å²) in [4.78, 5) is 37.8. The van der Waals surface area contributed by atoms with Crippen LogP contribution in [-0.4, -0.2) is 20.7 Å². The number of fused-ring (bicyclic) bond motifs is 1. The van der Waals surface area contributed by atoms with Crippen molar-refractivity contribution in [3.8, 4) is 22.6 Å². The minimum Gasteiger partial charge on any atom is -0.452 e. The Labute approximate surface area is 224 Å². The molecule has 9 heteroatoms. The third-order valence-corrected chi connectivity index (χ3v) is 6.90. The number of Topliss-reactive ketones (excluding diaryl/α,β-unsaturated/α-hetero) is 1. The quantitative estimate of drug-likeness (QED) is 0.176. The van der Waals surface area contributed by atoms with Gasteiger partial charge in [-0.2, -0.15) is 0 Å². The zero-order valence-electron chi connectivity index (χ0n) is 20.3. The van der Waals surface area contributed by atoms with E-state index in [9.17, 15) is 14.0 Å². The van der Waals surface area contributed by atoms with Crippen LogP contribution < -0.4 is 10.2 Å². The minimum atomic E-state index is -0.670. The fraction of sp³-hybridized carbons (Fsp3) is 0.103. The van der Waals surface area contributed by atoms with E-state index < -0.39 is 22.8 Å². The summed E-state index contributed by atoms with van der Waals surface area (Å²) in [5, 5.41) is 0. The summed E-state index contributed by atoms with van der Waals surface area (Å²) in [7, 11) is 0. The first kappa shape index (κ1) is 25.4. The number of nitrogens with zero attached hydrogens (tertiary/aromatic N) is 2. The standard InChI is InChI=1S/C29H20BrF2N3O3/c1-15-11-22-27(35-29(15)30)25(9-10-33-22)38-24-8-3-17(12-21(24)32)13-23(36)20-14-34-16(2)26(28(20)37)18-4-6-19(31)7-5-18/h3-12,14H,13H2,1-2H3,(H,34,37). The van der Waals surface area contributed by atoms with Crippen LogP contribution in [0.1, 0.15) is 27.2 Å². The second-order valence-corrected chi connectivity index (χ2v) is 9.53. The third-order valence-electron chi connectivity index (χ3n) is 6.10. The maximum atomic E-state index is 15.0. The number of ether oxygens (including phenoxy) is 1. The Hall–Kier alpha value is -4.24. The number of aromatic amines is 1. The molecule has 0 spiro atoms. The van der Waals surface area contributed by atoms with Gasteiger partial charge < -0.3 is 9.72 Å². The summed E-state index contributed by atoms with van der Waals surface area (Å²) < 4.78 is 34.8. The number of carbonyl (C=O) groups is 1. The van der Waals surface area contributed by atoms with Gasteiger partial charge in [0.2, 0.25) is 0 Å². The molecule has 6 nitrogen and oxygen atoms in total. The Morgan fingerprint density at radius 1 is 1.03 bits per heavy atom. The Kier molecular flexibility index (Phi) is 6.86. The molecule has 2 aromatic carbocycles. The third kappa shape index (κ3) is 4.97. The Balaban J connectivity index is 1.40. The van der Waals surface area contributed by atoms with Gasteiger partial charge in [-0.05, 0) is 76.8 Å². The largest absolute Gasteiger partial charge is 0.452 e. The van der Waals surface area contributed by atoms with E-state index in [1.165, 1.54) is 42.6 Å². The van der Waals surface area contributed by atoms with Crippen LogP contribution in [0.15, 0.2) is 76.4 Å². The van der Waals surface area contributed by atoms with E-state index in [1.807, 2.05) is 13.0 Å². The maximum Gasteiger partial charge on any atom is 0.200 e. The van der Waals surface area contributed by atoms with Crippen molar-refractivity contribution in [2.24, 2.45) is 0 Å². The summed E-state index contributed by atoms with van der Waals surface area (Å²) in [6, 6.07) is 13.1. The zero-order chi connectivity index (χ0) is 27.0. The molecule has 0 saturated carbocycles. The molecule has 0 saturated heterocycles. The number of hydrogen-bond donors (Lipinski definition) is 1. The van der Waals surface area contributed by atoms with E-state index in [0.717, 1.165) is 5.56 Å². The number of hydrogen-bond acceptors (Lipinski definition) is 5. The maximum absolute atomic E-state index is 15.0. The van der Waals surface area contributed by atoms with E-state index in [1.54, 1.807) is 25.3 Å². The summed E-state index contributed by atoms with van der Waals surface area (Å²) in [5.41, 5.74) is 3.14.